The van der Waals surface area contributed by atoms with Gasteiger partial charge in [0.05, 0.1) is 5.69 Å². The fourth-order valence-electron chi connectivity index (χ4n) is 3.91. The molecule has 0 atom stereocenters. The molecule has 1 aliphatic heterocycles. The van der Waals surface area contributed by atoms with E-state index in [0.29, 0.717) is 13.1 Å². The quantitative estimate of drug-likeness (QED) is 0.671. The number of rotatable bonds is 3. The molecule has 0 saturated carbocycles. The lowest BCUT2D eigenvalue weighted by Gasteiger charge is -2.35. The minimum atomic E-state index is 0.108. The number of aromatic nitrogens is 4. The van der Waals surface area contributed by atoms with Crippen molar-refractivity contribution in [2.24, 2.45) is 0 Å². The van der Waals surface area contributed by atoms with E-state index in [4.69, 9.17) is 0 Å². The van der Waals surface area contributed by atoms with E-state index < -0.39 is 0 Å². The Kier molecular flexibility index (Phi) is 5.28. The van der Waals surface area contributed by atoms with Crippen molar-refractivity contribution in [2.75, 3.05) is 31.1 Å². The highest BCUT2D eigenvalue weighted by Gasteiger charge is 2.24. The van der Waals surface area contributed by atoms with Gasteiger partial charge in [0.25, 0.3) is 5.91 Å². The molecule has 7 heteroatoms. The molecule has 0 N–H and O–H groups in total. The van der Waals surface area contributed by atoms with Gasteiger partial charge in [0.1, 0.15) is 23.8 Å². The van der Waals surface area contributed by atoms with Gasteiger partial charge < -0.3 is 9.80 Å². The average molecular weight is 405 g/mol. The smallest absolute Gasteiger partial charge is 0.254 e. The number of imidazole rings is 1. The molecule has 1 fully saturated rings. The van der Waals surface area contributed by atoms with Gasteiger partial charge in [-0.05, 0) is 46.2 Å². The third-order valence-electron chi connectivity index (χ3n) is 5.81. The maximum Gasteiger partial charge on any atom is 0.254 e. The zero-order valence-electron chi connectivity index (χ0n) is 18.3. The molecule has 0 unspecified atom stereocenters. The van der Waals surface area contributed by atoms with Crippen LogP contribution in [0.15, 0.2) is 30.6 Å². The maximum atomic E-state index is 13.0. The van der Waals surface area contributed by atoms with Gasteiger partial charge in [0, 0.05) is 43.5 Å². The average Bonchev–Trinajstić information content (AvgIpc) is 3.06. The molecule has 3 heterocycles. The summed E-state index contributed by atoms with van der Waals surface area (Å²) in [5.74, 6) is 2.55. The Hall–Kier alpha value is -3.22. The zero-order chi connectivity index (χ0) is 21.4. The molecule has 1 saturated heterocycles. The Balaban J connectivity index is 1.50. The van der Waals surface area contributed by atoms with Gasteiger partial charge in [-0.25, -0.2) is 15.0 Å². The van der Waals surface area contributed by atoms with Crippen molar-refractivity contribution in [1.82, 2.24) is 24.4 Å². The van der Waals surface area contributed by atoms with E-state index in [9.17, 15) is 4.79 Å². The number of anilines is 1. The lowest BCUT2D eigenvalue weighted by molar-refractivity contribution is 0.0745. The summed E-state index contributed by atoms with van der Waals surface area (Å²) in [6.07, 6.45) is 1.80. The van der Waals surface area contributed by atoms with Gasteiger partial charge in [-0.3, -0.25) is 9.36 Å². The first-order valence-corrected chi connectivity index (χ1v) is 10.3. The van der Waals surface area contributed by atoms with Crippen LogP contribution in [0.4, 0.5) is 5.82 Å². The van der Waals surface area contributed by atoms with Gasteiger partial charge in [0.15, 0.2) is 0 Å². The fraction of sp³-hybridized carbons (Fsp3) is 0.391. The molecule has 4 rings (SSSR count). The molecule has 3 aromatic rings. The molecule has 0 bridgehead atoms. The Morgan fingerprint density at radius 1 is 0.900 bits per heavy atom. The molecule has 30 heavy (non-hydrogen) atoms. The predicted molar refractivity (Wildman–Crippen MR) is 117 cm³/mol. The second kappa shape index (κ2) is 7.89. The van der Waals surface area contributed by atoms with Crippen molar-refractivity contribution in [1.29, 1.82) is 0 Å². The topological polar surface area (TPSA) is 67.2 Å². The minimum Gasteiger partial charge on any atom is -0.353 e. The van der Waals surface area contributed by atoms with Crippen LogP contribution in [0.3, 0.4) is 0 Å². The molecule has 156 valence electrons. The highest BCUT2D eigenvalue weighted by molar-refractivity contribution is 5.95. The monoisotopic (exact) mass is 404 g/mol. The van der Waals surface area contributed by atoms with Gasteiger partial charge in [-0.15, -0.1) is 0 Å². The number of carbonyl (C=O) groups excluding carboxylic acids is 1. The van der Waals surface area contributed by atoms with Crippen molar-refractivity contribution >= 4 is 11.7 Å². The SMILES string of the molecule is Cc1ccc(C(=O)N2CCN(c3cc(-n4cnc(C)c4C)nc(C)n3)CC2)c(C)c1. The van der Waals surface area contributed by atoms with E-state index in [1.54, 1.807) is 6.33 Å². The Bertz CT molecular complexity index is 1100. The molecule has 1 aromatic carbocycles. The van der Waals surface area contributed by atoms with Crippen molar-refractivity contribution in [3.8, 4) is 5.82 Å². The van der Waals surface area contributed by atoms with Gasteiger partial charge in [-0.1, -0.05) is 17.7 Å². The standard InChI is InChI=1S/C23H28N6O/c1-15-6-7-20(16(2)12-15)23(30)28-10-8-27(9-11-28)21-13-22(26-19(5)25-21)29-14-24-17(3)18(29)4/h6-7,12-14H,8-11H2,1-5H3. The van der Waals surface area contributed by atoms with Crippen LogP contribution in [0.5, 0.6) is 0 Å². The molecule has 0 spiro atoms. The Labute approximate surface area is 177 Å². The summed E-state index contributed by atoms with van der Waals surface area (Å²) in [6.45, 7) is 12.8. The molecule has 1 aliphatic rings. The first-order chi connectivity index (χ1) is 14.3. The maximum absolute atomic E-state index is 13.0. The first-order valence-electron chi connectivity index (χ1n) is 10.3. The third-order valence-corrected chi connectivity index (χ3v) is 5.81. The largest absolute Gasteiger partial charge is 0.353 e. The van der Waals surface area contributed by atoms with Crippen molar-refractivity contribution in [3.63, 3.8) is 0 Å². The van der Waals surface area contributed by atoms with E-state index in [2.05, 4.69) is 25.9 Å². The number of piperazine rings is 1. The first kappa shape index (κ1) is 20.1. The second-order valence-electron chi connectivity index (χ2n) is 8.01. The molecule has 7 nitrogen and oxygen atoms in total. The van der Waals surface area contributed by atoms with E-state index in [1.165, 1.54) is 5.56 Å². The molecular formula is C23H28N6O. The van der Waals surface area contributed by atoms with Crippen molar-refractivity contribution < 1.29 is 4.79 Å². The Morgan fingerprint density at radius 3 is 2.23 bits per heavy atom. The van der Waals surface area contributed by atoms with Crippen LogP contribution >= 0.6 is 0 Å². The van der Waals surface area contributed by atoms with Crippen LogP contribution in [-0.2, 0) is 0 Å². The van der Waals surface area contributed by atoms with Crippen molar-refractivity contribution in [2.45, 2.75) is 34.6 Å². The van der Waals surface area contributed by atoms with E-state index in [0.717, 1.165) is 53.1 Å². The lowest BCUT2D eigenvalue weighted by Crippen LogP contribution is -2.49. The molecule has 1 amide bonds. The van der Waals surface area contributed by atoms with Gasteiger partial charge >= 0.3 is 0 Å². The number of hydrogen-bond donors (Lipinski definition) is 0. The molecular weight excluding hydrogens is 376 g/mol. The summed E-state index contributed by atoms with van der Waals surface area (Å²) >= 11 is 0. The number of aryl methyl sites for hydroxylation is 4. The van der Waals surface area contributed by atoms with Crippen LogP contribution in [0.25, 0.3) is 5.82 Å². The fourth-order valence-corrected chi connectivity index (χ4v) is 3.91. The van der Waals surface area contributed by atoms with E-state index in [-0.39, 0.29) is 5.91 Å². The summed E-state index contributed by atoms with van der Waals surface area (Å²) in [7, 11) is 0. The van der Waals surface area contributed by atoms with Gasteiger partial charge in [0.2, 0.25) is 0 Å². The summed E-state index contributed by atoms with van der Waals surface area (Å²) in [5, 5.41) is 0. The lowest BCUT2D eigenvalue weighted by atomic mass is 10.0. The zero-order valence-corrected chi connectivity index (χ0v) is 18.3. The number of hydrogen-bond acceptors (Lipinski definition) is 5. The molecule has 0 aliphatic carbocycles. The predicted octanol–water partition coefficient (Wildman–Crippen LogP) is 3.17. The second-order valence-corrected chi connectivity index (χ2v) is 8.01. The van der Waals surface area contributed by atoms with Crippen LogP contribution in [0, 0.1) is 34.6 Å². The van der Waals surface area contributed by atoms with E-state index in [1.807, 2.05) is 62.3 Å². The number of benzene rings is 1. The number of nitrogens with zero attached hydrogens (tertiary/aromatic N) is 6. The summed E-state index contributed by atoms with van der Waals surface area (Å²) in [4.78, 5) is 30.8. The summed E-state index contributed by atoms with van der Waals surface area (Å²) < 4.78 is 1.99. The van der Waals surface area contributed by atoms with Crippen LogP contribution < -0.4 is 4.90 Å². The normalized spacial score (nSPS) is 14.3. The van der Waals surface area contributed by atoms with Crippen LogP contribution in [-0.4, -0.2) is 56.5 Å². The highest BCUT2D eigenvalue weighted by Crippen LogP contribution is 2.21. The molecule has 2 aromatic heterocycles. The van der Waals surface area contributed by atoms with Crippen molar-refractivity contribution in [3.05, 3.63) is 64.5 Å². The number of carbonyl (C=O) groups is 1. The van der Waals surface area contributed by atoms with E-state index >= 15 is 0 Å². The summed E-state index contributed by atoms with van der Waals surface area (Å²) in [5.41, 5.74) is 5.06. The van der Waals surface area contributed by atoms with Gasteiger partial charge in [-0.2, -0.15) is 0 Å². The summed E-state index contributed by atoms with van der Waals surface area (Å²) in [6, 6.07) is 8.01. The van der Waals surface area contributed by atoms with Crippen LogP contribution in [0.2, 0.25) is 0 Å². The number of amides is 1. The third kappa shape index (κ3) is 3.79. The minimum absolute atomic E-state index is 0.108. The Morgan fingerprint density at radius 2 is 1.60 bits per heavy atom. The molecule has 0 radical (unpaired) electrons. The van der Waals surface area contributed by atoms with Crippen LogP contribution in [0.1, 0.15) is 38.7 Å². The highest BCUT2D eigenvalue weighted by atomic mass is 16.2.